The predicted octanol–water partition coefficient (Wildman–Crippen LogP) is 0.353. The molecular weight excluding hydrogens is 272 g/mol. The molecule has 7 nitrogen and oxygen atoms in total. The van der Waals surface area contributed by atoms with Crippen LogP contribution in [0.2, 0.25) is 0 Å². The Labute approximate surface area is 113 Å². The number of nitrogens with zero attached hydrogens (tertiary/aromatic N) is 1. The van der Waals surface area contributed by atoms with Crippen molar-refractivity contribution in [3.8, 4) is 0 Å². The van der Waals surface area contributed by atoms with Gasteiger partial charge in [-0.15, -0.1) is 0 Å². The van der Waals surface area contributed by atoms with Crippen LogP contribution in [0.1, 0.15) is 39.5 Å². The van der Waals surface area contributed by atoms with E-state index in [0.29, 0.717) is 12.8 Å². The molecule has 2 rings (SSSR count). The van der Waals surface area contributed by atoms with Gasteiger partial charge in [-0.3, -0.25) is 0 Å². The van der Waals surface area contributed by atoms with Crippen LogP contribution < -0.4 is 4.72 Å². The van der Waals surface area contributed by atoms with Crippen LogP contribution in [0.4, 0.5) is 4.79 Å². The lowest BCUT2D eigenvalue weighted by molar-refractivity contribution is 0.0757. The Morgan fingerprint density at radius 1 is 1.32 bits per heavy atom. The molecule has 2 atom stereocenters. The Morgan fingerprint density at radius 3 is 2.32 bits per heavy atom. The van der Waals surface area contributed by atoms with E-state index in [4.69, 9.17) is 4.74 Å². The van der Waals surface area contributed by atoms with Crippen LogP contribution >= 0.6 is 0 Å². The molecule has 19 heavy (non-hydrogen) atoms. The molecule has 0 saturated carbocycles. The normalized spacial score (nSPS) is 31.5. The van der Waals surface area contributed by atoms with Crippen molar-refractivity contribution < 1.29 is 23.1 Å². The van der Waals surface area contributed by atoms with E-state index in [1.54, 1.807) is 13.8 Å². The van der Waals surface area contributed by atoms with Gasteiger partial charge in [-0.1, -0.05) is 0 Å². The molecule has 2 aliphatic rings. The molecule has 2 bridgehead atoms. The number of nitrogens with one attached hydrogen (secondary N) is 1. The minimum atomic E-state index is -3.89. The van der Waals surface area contributed by atoms with Gasteiger partial charge < -0.3 is 9.84 Å². The summed E-state index contributed by atoms with van der Waals surface area (Å²) in [5.74, 6) is 0. The number of fused-ring (bicyclic) bond motifs is 2. The van der Waals surface area contributed by atoms with Crippen molar-refractivity contribution in [3.63, 3.8) is 0 Å². The summed E-state index contributed by atoms with van der Waals surface area (Å²) in [5.41, 5.74) is 0. The van der Waals surface area contributed by atoms with Gasteiger partial charge in [0.1, 0.15) is 0 Å². The van der Waals surface area contributed by atoms with Gasteiger partial charge in [-0.25, -0.2) is 9.52 Å². The van der Waals surface area contributed by atoms with Crippen LogP contribution in [0.15, 0.2) is 0 Å². The maximum absolute atomic E-state index is 12.2. The molecule has 0 aliphatic carbocycles. The third-order valence-corrected chi connectivity index (χ3v) is 5.05. The van der Waals surface area contributed by atoms with E-state index < -0.39 is 22.4 Å². The minimum absolute atomic E-state index is 0.224. The van der Waals surface area contributed by atoms with Crippen molar-refractivity contribution in [1.29, 1.82) is 0 Å². The summed E-state index contributed by atoms with van der Waals surface area (Å²) in [6, 6.07) is -0.448. The summed E-state index contributed by atoms with van der Waals surface area (Å²) in [6.45, 7) is 3.29. The molecule has 2 unspecified atom stereocenters. The van der Waals surface area contributed by atoms with Gasteiger partial charge >= 0.3 is 16.3 Å². The van der Waals surface area contributed by atoms with E-state index >= 15 is 0 Å². The first-order chi connectivity index (χ1) is 8.79. The van der Waals surface area contributed by atoms with E-state index in [2.05, 4.69) is 0 Å². The second-order valence-electron chi connectivity index (χ2n) is 5.40. The van der Waals surface area contributed by atoms with Gasteiger partial charge in [0.15, 0.2) is 0 Å². The fourth-order valence-electron chi connectivity index (χ4n) is 2.89. The molecule has 2 saturated heterocycles. The lowest BCUT2D eigenvalue weighted by Crippen LogP contribution is -2.53. The van der Waals surface area contributed by atoms with Crippen molar-refractivity contribution in [1.82, 2.24) is 9.03 Å². The van der Waals surface area contributed by atoms with Crippen LogP contribution in [-0.4, -0.2) is 48.2 Å². The quantitative estimate of drug-likeness (QED) is 0.782. The molecule has 2 N–H and O–H groups in total. The summed E-state index contributed by atoms with van der Waals surface area (Å²) < 4.78 is 32.4. The van der Waals surface area contributed by atoms with E-state index in [1.807, 2.05) is 4.72 Å². The highest BCUT2D eigenvalue weighted by Gasteiger charge is 2.47. The lowest BCUT2D eigenvalue weighted by Gasteiger charge is -2.35. The molecule has 8 heteroatoms. The SMILES string of the molecule is CC(C)OC(=O)NS(=O)(=O)N1C2CCC1CC(O)C2. The highest BCUT2D eigenvalue weighted by molar-refractivity contribution is 7.87. The van der Waals surface area contributed by atoms with Gasteiger partial charge in [-0.2, -0.15) is 12.7 Å². The van der Waals surface area contributed by atoms with Crippen LogP contribution in [0.3, 0.4) is 0 Å². The monoisotopic (exact) mass is 292 g/mol. The Morgan fingerprint density at radius 2 is 1.84 bits per heavy atom. The largest absolute Gasteiger partial charge is 0.446 e. The van der Waals surface area contributed by atoms with Crippen molar-refractivity contribution in [2.75, 3.05) is 0 Å². The topological polar surface area (TPSA) is 95.9 Å². The molecule has 0 radical (unpaired) electrons. The standard InChI is InChI=1S/C11H20N2O5S/c1-7(2)18-11(15)12-19(16,17)13-8-3-4-9(13)6-10(14)5-8/h7-10,14H,3-6H2,1-2H3,(H,12,15). The fourth-order valence-corrected chi connectivity index (χ4v) is 4.43. The van der Waals surface area contributed by atoms with Gasteiger partial charge in [0, 0.05) is 12.1 Å². The van der Waals surface area contributed by atoms with Gasteiger partial charge in [0.2, 0.25) is 0 Å². The van der Waals surface area contributed by atoms with Crippen LogP contribution in [0, 0.1) is 0 Å². The van der Waals surface area contributed by atoms with Crippen LogP contribution in [-0.2, 0) is 14.9 Å². The smallest absolute Gasteiger partial charge is 0.422 e. The lowest BCUT2D eigenvalue weighted by atomic mass is 10.0. The first-order valence-electron chi connectivity index (χ1n) is 6.49. The summed E-state index contributed by atoms with van der Waals surface area (Å²) in [6.07, 6.45) is 0.513. The molecule has 0 aromatic rings. The van der Waals surface area contributed by atoms with Crippen molar-refractivity contribution in [3.05, 3.63) is 0 Å². The first-order valence-corrected chi connectivity index (χ1v) is 7.93. The molecule has 1 amide bonds. The highest BCUT2D eigenvalue weighted by Crippen LogP contribution is 2.37. The molecule has 2 fully saturated rings. The number of carbonyl (C=O) groups is 1. The van der Waals surface area contributed by atoms with Gasteiger partial charge in [0.25, 0.3) is 0 Å². The Kier molecular flexibility index (Phi) is 4.03. The molecular formula is C11H20N2O5S. The number of hydrogen-bond acceptors (Lipinski definition) is 5. The zero-order valence-corrected chi connectivity index (χ0v) is 11.9. The Hall–Kier alpha value is -0.860. The summed E-state index contributed by atoms with van der Waals surface area (Å²) in [4.78, 5) is 11.4. The second kappa shape index (κ2) is 5.26. The van der Waals surface area contributed by atoms with Crippen molar-refractivity contribution in [2.24, 2.45) is 0 Å². The molecule has 0 aromatic heterocycles. The van der Waals surface area contributed by atoms with Crippen molar-refractivity contribution >= 4 is 16.3 Å². The van der Waals surface area contributed by atoms with Crippen LogP contribution in [0.5, 0.6) is 0 Å². The highest BCUT2D eigenvalue weighted by atomic mass is 32.2. The molecule has 2 heterocycles. The maximum Gasteiger partial charge on any atom is 0.422 e. The van der Waals surface area contributed by atoms with E-state index in [0.717, 1.165) is 12.8 Å². The average molecular weight is 292 g/mol. The zero-order chi connectivity index (χ0) is 14.2. The van der Waals surface area contributed by atoms with E-state index in [1.165, 1.54) is 4.31 Å². The number of carbonyl (C=O) groups excluding carboxylic acids is 1. The second-order valence-corrected chi connectivity index (χ2v) is 6.98. The maximum atomic E-state index is 12.2. The molecule has 110 valence electrons. The van der Waals surface area contributed by atoms with E-state index in [9.17, 15) is 18.3 Å². The number of ether oxygens (including phenoxy) is 1. The summed E-state index contributed by atoms with van der Waals surface area (Å²) in [5, 5.41) is 9.64. The first kappa shape index (κ1) is 14.5. The van der Waals surface area contributed by atoms with Crippen molar-refractivity contribution in [2.45, 2.75) is 63.8 Å². The molecule has 0 spiro atoms. The van der Waals surface area contributed by atoms with Crippen LogP contribution in [0.25, 0.3) is 0 Å². The number of amides is 1. The van der Waals surface area contributed by atoms with Gasteiger partial charge in [-0.05, 0) is 39.5 Å². The zero-order valence-electron chi connectivity index (χ0n) is 11.1. The number of aliphatic hydroxyl groups excluding tert-OH is 1. The number of piperidine rings is 1. The number of rotatable bonds is 3. The molecule has 2 aliphatic heterocycles. The summed E-state index contributed by atoms with van der Waals surface area (Å²) >= 11 is 0. The summed E-state index contributed by atoms with van der Waals surface area (Å²) in [7, 11) is -3.89. The van der Waals surface area contributed by atoms with E-state index in [-0.39, 0.29) is 18.2 Å². The number of hydrogen-bond donors (Lipinski definition) is 2. The fraction of sp³-hybridized carbons (Fsp3) is 0.909. The third-order valence-electron chi connectivity index (χ3n) is 3.47. The van der Waals surface area contributed by atoms with Gasteiger partial charge in [0.05, 0.1) is 12.2 Å². The predicted molar refractivity (Wildman–Crippen MR) is 67.6 cm³/mol. The molecule has 0 aromatic carbocycles. The third kappa shape index (κ3) is 3.18. The Bertz CT molecular complexity index is 436. The number of aliphatic hydroxyl groups is 1. The minimum Gasteiger partial charge on any atom is -0.446 e. The Balaban J connectivity index is 2.06. The average Bonchev–Trinajstić information content (AvgIpc) is 2.50.